The summed E-state index contributed by atoms with van der Waals surface area (Å²) >= 11 is 12.7. The van der Waals surface area contributed by atoms with Gasteiger partial charge in [-0.15, -0.1) is 0 Å². The fourth-order valence-electron chi connectivity index (χ4n) is 4.11. The molecule has 0 radical (unpaired) electrons. The first-order chi connectivity index (χ1) is 13.9. The Hall–Kier alpha value is -2.08. The minimum atomic E-state index is 0.0270. The van der Waals surface area contributed by atoms with Crippen LogP contribution >= 0.6 is 23.2 Å². The predicted octanol–water partition coefficient (Wildman–Crippen LogP) is 5.60. The molecule has 1 saturated carbocycles. The zero-order valence-electron chi connectivity index (χ0n) is 16.5. The third kappa shape index (κ3) is 4.13. The topological polar surface area (TPSA) is 61.0 Å². The van der Waals surface area contributed by atoms with Gasteiger partial charge < -0.3 is 10.2 Å². The van der Waals surface area contributed by atoms with Crippen molar-refractivity contribution in [2.75, 3.05) is 19.4 Å². The van der Waals surface area contributed by atoms with Gasteiger partial charge in [0.25, 0.3) is 0 Å². The number of aromatic amines is 1. The quantitative estimate of drug-likeness (QED) is 0.566. The zero-order chi connectivity index (χ0) is 20.5. The molecule has 3 aromatic rings. The first-order valence-electron chi connectivity index (χ1n) is 9.84. The highest BCUT2D eigenvalue weighted by molar-refractivity contribution is 6.39. The van der Waals surface area contributed by atoms with Gasteiger partial charge in [0.2, 0.25) is 5.91 Å². The Labute approximate surface area is 180 Å². The molecule has 1 aliphatic rings. The van der Waals surface area contributed by atoms with Crippen LogP contribution in [0.4, 0.5) is 5.82 Å². The summed E-state index contributed by atoms with van der Waals surface area (Å²) in [5.41, 5.74) is 2.51. The van der Waals surface area contributed by atoms with Crippen molar-refractivity contribution < 1.29 is 4.79 Å². The fraction of sp³-hybridized carbons (Fsp3) is 0.364. The number of carbonyl (C=O) groups excluding carboxylic acids is 1. The number of aromatic nitrogens is 2. The smallest absolute Gasteiger partial charge is 0.228 e. The van der Waals surface area contributed by atoms with E-state index in [1.807, 2.05) is 36.4 Å². The van der Waals surface area contributed by atoms with Crippen molar-refractivity contribution >= 4 is 45.8 Å². The minimum Gasteiger partial charge on any atom is -0.308 e. The molecule has 0 unspecified atom stereocenters. The highest BCUT2D eigenvalue weighted by Crippen LogP contribution is 2.37. The van der Waals surface area contributed by atoms with Crippen LogP contribution in [0, 0.1) is 5.92 Å². The lowest BCUT2D eigenvalue weighted by molar-refractivity contribution is -0.121. The van der Waals surface area contributed by atoms with Gasteiger partial charge in [-0.05, 0) is 69.6 Å². The van der Waals surface area contributed by atoms with Crippen LogP contribution in [0.15, 0.2) is 36.4 Å². The van der Waals surface area contributed by atoms with Crippen molar-refractivity contribution in [2.24, 2.45) is 5.92 Å². The Balaban J connectivity index is 1.57. The van der Waals surface area contributed by atoms with Gasteiger partial charge in [-0.3, -0.25) is 9.89 Å². The van der Waals surface area contributed by atoms with E-state index in [9.17, 15) is 4.79 Å². The number of carbonyl (C=O) groups is 1. The number of halogens is 2. The molecule has 2 aromatic carbocycles. The molecule has 0 aliphatic heterocycles. The Morgan fingerprint density at radius 3 is 2.45 bits per heavy atom. The fourth-order valence-corrected chi connectivity index (χ4v) is 4.73. The van der Waals surface area contributed by atoms with Crippen LogP contribution in [0.25, 0.3) is 22.0 Å². The van der Waals surface area contributed by atoms with E-state index in [1.165, 1.54) is 0 Å². The number of amides is 1. The number of benzene rings is 2. The highest BCUT2D eigenvalue weighted by Gasteiger charge is 2.28. The molecule has 7 heteroatoms. The Morgan fingerprint density at radius 1 is 1.10 bits per heavy atom. The van der Waals surface area contributed by atoms with E-state index < -0.39 is 0 Å². The molecule has 0 atom stereocenters. The van der Waals surface area contributed by atoms with Crippen LogP contribution in [0.2, 0.25) is 10.0 Å². The second-order valence-electron chi connectivity index (χ2n) is 7.89. The summed E-state index contributed by atoms with van der Waals surface area (Å²) in [4.78, 5) is 15.1. The van der Waals surface area contributed by atoms with Gasteiger partial charge >= 0.3 is 0 Å². The molecule has 29 heavy (non-hydrogen) atoms. The van der Waals surface area contributed by atoms with Crippen molar-refractivity contribution in [3.8, 4) is 11.1 Å². The van der Waals surface area contributed by atoms with Crippen LogP contribution in [0.3, 0.4) is 0 Å². The van der Waals surface area contributed by atoms with E-state index >= 15 is 0 Å². The molecule has 1 heterocycles. The number of nitrogens with one attached hydrogen (secondary N) is 2. The molecule has 0 spiro atoms. The number of fused-ring (bicyclic) bond motifs is 1. The van der Waals surface area contributed by atoms with Gasteiger partial charge in [-0.1, -0.05) is 35.3 Å². The zero-order valence-corrected chi connectivity index (χ0v) is 18.0. The van der Waals surface area contributed by atoms with Crippen LogP contribution in [0.5, 0.6) is 0 Å². The summed E-state index contributed by atoms with van der Waals surface area (Å²) in [5.74, 6) is 0.612. The number of hydrogen-bond acceptors (Lipinski definition) is 3. The van der Waals surface area contributed by atoms with E-state index in [2.05, 4.69) is 34.5 Å². The second kappa shape index (κ2) is 8.34. The van der Waals surface area contributed by atoms with Crippen LogP contribution in [-0.4, -0.2) is 41.1 Å². The summed E-state index contributed by atoms with van der Waals surface area (Å²) in [6.45, 7) is 0. The third-order valence-corrected chi connectivity index (χ3v) is 6.48. The van der Waals surface area contributed by atoms with E-state index in [0.717, 1.165) is 47.7 Å². The molecule has 0 saturated heterocycles. The van der Waals surface area contributed by atoms with Crippen molar-refractivity contribution in [2.45, 2.75) is 31.7 Å². The van der Waals surface area contributed by atoms with E-state index in [4.69, 9.17) is 23.2 Å². The summed E-state index contributed by atoms with van der Waals surface area (Å²) in [6, 6.07) is 11.8. The summed E-state index contributed by atoms with van der Waals surface area (Å²) in [6.07, 6.45) is 3.89. The van der Waals surface area contributed by atoms with Crippen molar-refractivity contribution in [1.82, 2.24) is 15.1 Å². The lowest BCUT2D eigenvalue weighted by atomic mass is 9.85. The molecular weight excluding hydrogens is 407 g/mol. The minimum absolute atomic E-state index is 0.0270. The summed E-state index contributed by atoms with van der Waals surface area (Å²) in [5, 5.41) is 12.4. The van der Waals surface area contributed by atoms with E-state index in [-0.39, 0.29) is 11.8 Å². The molecular formula is C22H24Cl2N4O. The molecule has 2 N–H and O–H groups in total. The number of nitrogens with zero attached hydrogens (tertiary/aromatic N) is 2. The molecule has 4 rings (SSSR count). The molecule has 5 nitrogen and oxygen atoms in total. The van der Waals surface area contributed by atoms with Crippen LogP contribution in [0.1, 0.15) is 25.7 Å². The van der Waals surface area contributed by atoms with Gasteiger partial charge in [0.15, 0.2) is 5.82 Å². The second-order valence-corrected chi connectivity index (χ2v) is 8.70. The maximum Gasteiger partial charge on any atom is 0.228 e. The largest absolute Gasteiger partial charge is 0.308 e. The first-order valence-corrected chi connectivity index (χ1v) is 10.6. The lowest BCUT2D eigenvalue weighted by Gasteiger charge is -2.31. The van der Waals surface area contributed by atoms with Gasteiger partial charge in [0.05, 0.1) is 5.52 Å². The molecule has 1 fully saturated rings. The van der Waals surface area contributed by atoms with Crippen molar-refractivity contribution in [1.29, 1.82) is 0 Å². The number of hydrogen-bond donors (Lipinski definition) is 2. The standard InChI is InChI=1S/C22H24Cl2N4O/c1-28(2)15-9-6-13(7-10-15)22(29)25-21-16-12-14(8-11-19(16)26-27-21)20-17(23)4-3-5-18(20)24/h3-5,8,11-13,15H,6-7,9-10H2,1-2H3,(H2,25,26,27,29). The van der Waals surface area contributed by atoms with Crippen molar-refractivity contribution in [3.63, 3.8) is 0 Å². The molecule has 1 amide bonds. The number of H-pyrrole nitrogens is 1. The molecule has 152 valence electrons. The normalized spacial score (nSPS) is 19.6. The van der Waals surface area contributed by atoms with Gasteiger partial charge in [-0.25, -0.2) is 0 Å². The predicted molar refractivity (Wildman–Crippen MR) is 120 cm³/mol. The Kier molecular flexibility index (Phi) is 5.81. The van der Waals surface area contributed by atoms with Gasteiger partial charge in [0, 0.05) is 33.0 Å². The highest BCUT2D eigenvalue weighted by atomic mass is 35.5. The summed E-state index contributed by atoms with van der Waals surface area (Å²) < 4.78 is 0. The maximum atomic E-state index is 12.8. The molecule has 0 bridgehead atoms. The average Bonchev–Trinajstić information content (AvgIpc) is 3.10. The summed E-state index contributed by atoms with van der Waals surface area (Å²) in [7, 11) is 4.20. The average molecular weight is 431 g/mol. The van der Waals surface area contributed by atoms with Gasteiger partial charge in [-0.2, -0.15) is 5.10 Å². The lowest BCUT2D eigenvalue weighted by Crippen LogP contribution is -2.35. The van der Waals surface area contributed by atoms with Crippen LogP contribution in [-0.2, 0) is 4.79 Å². The Morgan fingerprint density at radius 2 is 1.79 bits per heavy atom. The van der Waals surface area contributed by atoms with Crippen molar-refractivity contribution in [3.05, 3.63) is 46.4 Å². The maximum absolute atomic E-state index is 12.8. The number of rotatable bonds is 4. The monoisotopic (exact) mass is 430 g/mol. The Bertz CT molecular complexity index is 1020. The molecule has 1 aliphatic carbocycles. The first kappa shape index (κ1) is 20.2. The van der Waals surface area contributed by atoms with E-state index in [0.29, 0.717) is 21.9 Å². The van der Waals surface area contributed by atoms with Crippen LogP contribution < -0.4 is 5.32 Å². The third-order valence-electron chi connectivity index (χ3n) is 5.85. The van der Waals surface area contributed by atoms with Gasteiger partial charge in [0.1, 0.15) is 0 Å². The van der Waals surface area contributed by atoms with E-state index in [1.54, 1.807) is 0 Å². The number of anilines is 1. The SMILES string of the molecule is CN(C)C1CCC(C(=O)Nc2n[nH]c3ccc(-c4c(Cl)cccc4Cl)cc23)CC1. The molecule has 1 aromatic heterocycles.